The van der Waals surface area contributed by atoms with Crippen LogP contribution in [0, 0.1) is 0 Å². The lowest BCUT2D eigenvalue weighted by Crippen LogP contribution is -2.21. The van der Waals surface area contributed by atoms with Gasteiger partial charge in [-0.3, -0.25) is 0 Å². The molecule has 0 aliphatic rings. The first-order chi connectivity index (χ1) is 18.0. The number of alkyl halides is 6. The molecular formula is C23H25F6N3O6S. The number of nitrogens with one attached hydrogen (secondary N) is 1. The molecule has 0 unspecified atom stereocenters. The molecule has 0 fully saturated rings. The molecule has 3 aromatic rings. The van der Waals surface area contributed by atoms with Gasteiger partial charge in [-0.15, -0.1) is 0 Å². The molecule has 2 aromatic carbocycles. The van der Waals surface area contributed by atoms with Crippen molar-refractivity contribution >= 4 is 38.6 Å². The summed E-state index contributed by atoms with van der Waals surface area (Å²) in [6, 6.07) is 12.2. The topological polar surface area (TPSA) is 121 Å². The third kappa shape index (κ3) is 11.6. The molecule has 0 radical (unpaired) electrons. The molecule has 39 heavy (non-hydrogen) atoms. The van der Waals surface area contributed by atoms with Crippen molar-refractivity contribution in [2.24, 2.45) is 0 Å². The molecule has 0 saturated heterocycles. The van der Waals surface area contributed by atoms with Crippen molar-refractivity contribution in [1.82, 2.24) is 9.88 Å². The molecule has 0 bridgehead atoms. The standard InChI is InChI=1S/C19H23N3O2S.2C2HF3O2/c1-22(2)12-14-9-13(5-8-17(14)24-4)11-20-19-21-16-7-6-15(23-3)10-18(16)25-19;2*3-2(4,5)1(6)7/h5-10H,11-12H2,1-4H3,(H,20,21);2*(H,6,7). The van der Waals surface area contributed by atoms with Crippen molar-refractivity contribution in [3.63, 3.8) is 0 Å². The lowest BCUT2D eigenvalue weighted by molar-refractivity contribution is -0.193. The molecule has 1 aromatic heterocycles. The van der Waals surface area contributed by atoms with Crippen LogP contribution in [-0.2, 0) is 22.7 Å². The van der Waals surface area contributed by atoms with Crippen molar-refractivity contribution in [3.8, 4) is 11.5 Å². The first kappa shape index (κ1) is 33.2. The summed E-state index contributed by atoms with van der Waals surface area (Å²) in [4.78, 5) is 24.6. The van der Waals surface area contributed by atoms with Gasteiger partial charge in [0.25, 0.3) is 0 Å². The molecule has 0 atom stereocenters. The van der Waals surface area contributed by atoms with Gasteiger partial charge in [-0.1, -0.05) is 17.4 Å². The number of thiazole rings is 1. The Labute approximate surface area is 222 Å². The fourth-order valence-electron chi connectivity index (χ4n) is 2.69. The van der Waals surface area contributed by atoms with E-state index in [9.17, 15) is 26.3 Å². The Bertz CT molecular complexity index is 1220. The fourth-order valence-corrected chi connectivity index (χ4v) is 3.58. The first-order valence-electron chi connectivity index (χ1n) is 10.6. The third-order valence-corrected chi connectivity index (χ3v) is 5.33. The van der Waals surface area contributed by atoms with E-state index in [4.69, 9.17) is 29.3 Å². The van der Waals surface area contributed by atoms with E-state index in [1.54, 1.807) is 25.6 Å². The number of rotatable bonds is 7. The number of anilines is 1. The lowest BCUT2D eigenvalue weighted by atomic mass is 10.1. The fraction of sp³-hybridized carbons (Fsp3) is 0.348. The van der Waals surface area contributed by atoms with E-state index >= 15 is 0 Å². The average molecular weight is 586 g/mol. The van der Waals surface area contributed by atoms with Gasteiger partial charge in [0.2, 0.25) is 0 Å². The molecule has 3 rings (SSSR count). The molecule has 9 nitrogen and oxygen atoms in total. The molecule has 0 saturated carbocycles. The lowest BCUT2D eigenvalue weighted by Gasteiger charge is -2.15. The number of aliphatic carboxylic acids is 2. The maximum absolute atomic E-state index is 10.6. The van der Waals surface area contributed by atoms with E-state index in [2.05, 4.69) is 41.4 Å². The van der Waals surface area contributed by atoms with Crippen LogP contribution in [-0.4, -0.2) is 72.7 Å². The highest BCUT2D eigenvalue weighted by Gasteiger charge is 2.38. The maximum Gasteiger partial charge on any atom is 0.490 e. The van der Waals surface area contributed by atoms with E-state index in [1.165, 1.54) is 11.1 Å². The Hall–Kier alpha value is -3.79. The van der Waals surface area contributed by atoms with Crippen LogP contribution in [0.15, 0.2) is 36.4 Å². The van der Waals surface area contributed by atoms with Crippen LogP contribution in [0.1, 0.15) is 11.1 Å². The number of carbonyl (C=O) groups is 2. The second-order valence-electron chi connectivity index (χ2n) is 7.70. The third-order valence-electron chi connectivity index (χ3n) is 4.36. The highest BCUT2D eigenvalue weighted by atomic mass is 32.1. The van der Waals surface area contributed by atoms with Crippen LogP contribution in [0.25, 0.3) is 10.2 Å². The average Bonchev–Trinajstić information content (AvgIpc) is 3.24. The maximum atomic E-state index is 10.6. The zero-order valence-electron chi connectivity index (χ0n) is 21.0. The Morgan fingerprint density at radius 3 is 1.97 bits per heavy atom. The number of carboxylic acid groups (broad SMARTS) is 2. The number of aromatic nitrogens is 1. The Morgan fingerprint density at radius 2 is 1.51 bits per heavy atom. The number of benzene rings is 2. The van der Waals surface area contributed by atoms with Crippen LogP contribution in [0.2, 0.25) is 0 Å². The summed E-state index contributed by atoms with van der Waals surface area (Å²) in [5.74, 6) is -3.74. The number of methoxy groups -OCH3 is 2. The molecule has 0 aliphatic heterocycles. The van der Waals surface area contributed by atoms with Crippen LogP contribution < -0.4 is 14.8 Å². The van der Waals surface area contributed by atoms with Gasteiger partial charge in [0.05, 0.1) is 24.4 Å². The minimum absolute atomic E-state index is 0.724. The predicted octanol–water partition coefficient (Wildman–Crippen LogP) is 5.25. The summed E-state index contributed by atoms with van der Waals surface area (Å²) in [5.41, 5.74) is 3.37. The van der Waals surface area contributed by atoms with Crippen LogP contribution in [0.4, 0.5) is 31.5 Å². The predicted molar refractivity (Wildman–Crippen MR) is 131 cm³/mol. The first-order valence-corrected chi connectivity index (χ1v) is 11.4. The highest BCUT2D eigenvalue weighted by Crippen LogP contribution is 2.30. The largest absolute Gasteiger partial charge is 0.497 e. The van der Waals surface area contributed by atoms with Crippen molar-refractivity contribution in [1.29, 1.82) is 0 Å². The molecule has 216 valence electrons. The minimum Gasteiger partial charge on any atom is -0.497 e. The molecule has 3 N–H and O–H groups in total. The zero-order valence-corrected chi connectivity index (χ0v) is 21.8. The van der Waals surface area contributed by atoms with Gasteiger partial charge >= 0.3 is 24.3 Å². The summed E-state index contributed by atoms with van der Waals surface area (Å²) in [6.07, 6.45) is -10.2. The number of nitrogens with zero attached hydrogens (tertiary/aromatic N) is 2. The summed E-state index contributed by atoms with van der Waals surface area (Å²) < 4.78 is 75.3. The molecular weight excluding hydrogens is 560 g/mol. The summed E-state index contributed by atoms with van der Waals surface area (Å²) in [5, 5.41) is 18.6. The molecule has 16 heteroatoms. The Morgan fingerprint density at radius 1 is 0.949 bits per heavy atom. The summed E-state index contributed by atoms with van der Waals surface area (Å²) in [7, 11) is 7.50. The number of ether oxygens (including phenoxy) is 2. The van der Waals surface area contributed by atoms with Crippen molar-refractivity contribution < 1.29 is 55.6 Å². The number of hydrogen-bond donors (Lipinski definition) is 3. The number of carboxylic acids is 2. The van der Waals surface area contributed by atoms with E-state index < -0.39 is 24.3 Å². The van der Waals surface area contributed by atoms with Crippen LogP contribution in [0.3, 0.4) is 0 Å². The van der Waals surface area contributed by atoms with Gasteiger partial charge in [0.1, 0.15) is 11.5 Å². The van der Waals surface area contributed by atoms with Crippen molar-refractivity contribution in [2.75, 3.05) is 33.6 Å². The molecule has 0 spiro atoms. The van der Waals surface area contributed by atoms with Gasteiger partial charge in [-0.2, -0.15) is 26.3 Å². The smallest absolute Gasteiger partial charge is 0.490 e. The summed E-state index contributed by atoms with van der Waals surface area (Å²) in [6.45, 7) is 1.57. The monoisotopic (exact) mass is 585 g/mol. The van der Waals surface area contributed by atoms with Crippen LogP contribution >= 0.6 is 11.3 Å². The zero-order chi connectivity index (χ0) is 30.0. The van der Waals surface area contributed by atoms with E-state index in [1.807, 2.05) is 24.3 Å². The number of hydrogen-bond acceptors (Lipinski definition) is 8. The van der Waals surface area contributed by atoms with Crippen molar-refractivity contribution in [2.45, 2.75) is 25.4 Å². The van der Waals surface area contributed by atoms with E-state index in [0.29, 0.717) is 0 Å². The number of halogens is 6. The van der Waals surface area contributed by atoms with Crippen molar-refractivity contribution in [3.05, 3.63) is 47.5 Å². The minimum atomic E-state index is -5.08. The van der Waals surface area contributed by atoms with Gasteiger partial charge < -0.3 is 29.9 Å². The molecule has 0 aliphatic carbocycles. The SMILES string of the molecule is COc1ccc2nc(NCc3ccc(OC)c(CN(C)C)c3)sc2c1.O=C(O)C(F)(F)F.O=C(O)C(F)(F)F. The van der Waals surface area contributed by atoms with Gasteiger partial charge in [-0.25, -0.2) is 14.6 Å². The second-order valence-corrected chi connectivity index (χ2v) is 8.73. The van der Waals surface area contributed by atoms with Gasteiger partial charge in [-0.05, 0) is 50.0 Å². The normalized spacial score (nSPS) is 11.2. The van der Waals surface area contributed by atoms with E-state index in [-0.39, 0.29) is 0 Å². The van der Waals surface area contributed by atoms with Crippen LogP contribution in [0.5, 0.6) is 11.5 Å². The van der Waals surface area contributed by atoms with Gasteiger partial charge in [0, 0.05) is 18.7 Å². The second kappa shape index (κ2) is 14.4. The van der Waals surface area contributed by atoms with Gasteiger partial charge in [0.15, 0.2) is 5.13 Å². The Balaban J connectivity index is 0.000000449. The molecule has 1 heterocycles. The summed E-state index contributed by atoms with van der Waals surface area (Å²) >= 11 is 1.63. The highest BCUT2D eigenvalue weighted by molar-refractivity contribution is 7.22. The van der Waals surface area contributed by atoms with E-state index in [0.717, 1.165) is 39.9 Å². The number of fused-ring (bicyclic) bond motifs is 1. The molecule has 0 amide bonds. The quantitative estimate of drug-likeness (QED) is 0.319. The Kier molecular flexibility index (Phi) is 12.3.